The van der Waals surface area contributed by atoms with Crippen LogP contribution in [0.5, 0.6) is 0 Å². The van der Waals surface area contributed by atoms with Crippen LogP contribution < -0.4 is 9.62 Å². The van der Waals surface area contributed by atoms with Crippen molar-refractivity contribution in [1.29, 1.82) is 0 Å². The van der Waals surface area contributed by atoms with Crippen LogP contribution in [0.3, 0.4) is 0 Å². The molecule has 5 rings (SSSR count). The minimum absolute atomic E-state index is 0.0664. The van der Waals surface area contributed by atoms with E-state index < -0.39 is 39.7 Å². The van der Waals surface area contributed by atoms with Gasteiger partial charge in [0, 0.05) is 31.4 Å². The molecule has 2 atom stereocenters. The SMILES string of the molecule is COC[C@H]1CN(c2cc(S(=O)(=O)NC3(C)CC3)cn3c(-c4nnc(C(F)F)o4)nc(F)c23)[C@@H](C)CO1. The summed E-state index contributed by atoms with van der Waals surface area (Å²) in [5.74, 6) is -2.69. The average molecular weight is 531 g/mol. The first-order valence-electron chi connectivity index (χ1n) is 11.3. The van der Waals surface area contributed by atoms with Crippen molar-refractivity contribution in [1.82, 2.24) is 24.3 Å². The van der Waals surface area contributed by atoms with Crippen LogP contribution in [0, 0.1) is 5.95 Å². The number of anilines is 1. The second-order valence-electron chi connectivity index (χ2n) is 9.33. The highest BCUT2D eigenvalue weighted by molar-refractivity contribution is 7.89. The second-order valence-corrected chi connectivity index (χ2v) is 11.0. The molecule has 1 saturated heterocycles. The van der Waals surface area contributed by atoms with Crippen LogP contribution in [0.2, 0.25) is 0 Å². The molecular formula is C21H25F3N6O5S. The van der Waals surface area contributed by atoms with Crippen LogP contribution in [0.25, 0.3) is 17.2 Å². The molecule has 0 aromatic carbocycles. The molecule has 1 N–H and O–H groups in total. The molecule has 11 nitrogen and oxygen atoms in total. The number of rotatable bonds is 8. The maximum Gasteiger partial charge on any atom is 0.314 e. The molecule has 1 saturated carbocycles. The van der Waals surface area contributed by atoms with Gasteiger partial charge in [0.15, 0.2) is 0 Å². The molecule has 0 unspecified atom stereocenters. The van der Waals surface area contributed by atoms with E-state index in [-0.39, 0.29) is 53.8 Å². The summed E-state index contributed by atoms with van der Waals surface area (Å²) in [7, 11) is -2.51. The van der Waals surface area contributed by atoms with Crippen molar-refractivity contribution < 1.29 is 35.5 Å². The summed E-state index contributed by atoms with van der Waals surface area (Å²) in [6, 6.07) is 1.13. The zero-order valence-electron chi connectivity index (χ0n) is 19.7. The molecule has 15 heteroatoms. The zero-order valence-corrected chi connectivity index (χ0v) is 20.6. The van der Waals surface area contributed by atoms with Gasteiger partial charge < -0.3 is 18.8 Å². The Morgan fingerprint density at radius 1 is 1.33 bits per heavy atom. The number of alkyl halides is 2. The predicted octanol–water partition coefficient (Wildman–Crippen LogP) is 2.53. The molecule has 2 fully saturated rings. The van der Waals surface area contributed by atoms with Gasteiger partial charge in [0.25, 0.3) is 11.8 Å². The summed E-state index contributed by atoms with van der Waals surface area (Å²) >= 11 is 0. The molecule has 36 heavy (non-hydrogen) atoms. The Hall–Kier alpha value is -2.75. The van der Waals surface area contributed by atoms with E-state index in [0.717, 1.165) is 4.40 Å². The number of methoxy groups -OCH3 is 1. The van der Waals surface area contributed by atoms with Gasteiger partial charge in [0.2, 0.25) is 21.8 Å². The first kappa shape index (κ1) is 24.9. The van der Waals surface area contributed by atoms with Crippen molar-refractivity contribution in [3.8, 4) is 11.7 Å². The maximum atomic E-state index is 15.3. The largest absolute Gasteiger partial charge is 0.412 e. The van der Waals surface area contributed by atoms with Gasteiger partial charge in [0.1, 0.15) is 10.4 Å². The Kier molecular flexibility index (Phi) is 6.21. The third kappa shape index (κ3) is 4.55. The van der Waals surface area contributed by atoms with Gasteiger partial charge in [-0.1, -0.05) is 0 Å². The fraction of sp³-hybridized carbons (Fsp3) is 0.571. The summed E-state index contributed by atoms with van der Waals surface area (Å²) in [6.45, 7) is 4.50. The molecule has 196 valence electrons. The molecule has 0 spiro atoms. The van der Waals surface area contributed by atoms with E-state index in [2.05, 4.69) is 19.9 Å². The number of imidazole rings is 1. The van der Waals surface area contributed by atoms with Crippen molar-refractivity contribution in [2.75, 3.05) is 31.8 Å². The maximum absolute atomic E-state index is 15.3. The normalized spacial score (nSPS) is 22.0. The first-order valence-corrected chi connectivity index (χ1v) is 12.7. The number of ether oxygens (including phenoxy) is 2. The van der Waals surface area contributed by atoms with Crippen molar-refractivity contribution >= 4 is 21.2 Å². The summed E-state index contributed by atoms with van der Waals surface area (Å²) in [6.07, 6.45) is -0.843. The third-order valence-electron chi connectivity index (χ3n) is 6.32. The molecular weight excluding hydrogens is 505 g/mol. The fourth-order valence-electron chi connectivity index (χ4n) is 4.17. The standard InChI is InChI=1S/C21H25F3N6O5S/c1-11-9-34-12(10-33-3)7-29(11)14-6-13(36(31,32)28-21(2)4-5-21)8-30-15(14)17(24)25-18(30)20-27-26-19(35-20)16(22)23/h6,8,11-12,16,28H,4-5,7,9-10H2,1-3H3/t11-,12+/m0/s1. The second kappa shape index (κ2) is 8.97. The van der Waals surface area contributed by atoms with Gasteiger partial charge in [-0.25, -0.2) is 13.1 Å². The van der Waals surface area contributed by atoms with Crippen molar-refractivity contribution in [3.05, 3.63) is 24.1 Å². The Morgan fingerprint density at radius 2 is 2.08 bits per heavy atom. The summed E-state index contributed by atoms with van der Waals surface area (Å²) in [5, 5.41) is 6.84. The van der Waals surface area contributed by atoms with Crippen molar-refractivity contribution in [3.63, 3.8) is 0 Å². The number of aromatic nitrogens is 4. The van der Waals surface area contributed by atoms with E-state index in [4.69, 9.17) is 13.9 Å². The van der Waals surface area contributed by atoms with Crippen LogP contribution in [-0.2, 0) is 19.5 Å². The average Bonchev–Trinajstić information content (AvgIpc) is 3.21. The van der Waals surface area contributed by atoms with Gasteiger partial charge in [0.05, 0.1) is 25.0 Å². The van der Waals surface area contributed by atoms with E-state index in [1.807, 2.05) is 11.8 Å². The van der Waals surface area contributed by atoms with Crippen LogP contribution in [-0.4, -0.2) is 72.6 Å². The lowest BCUT2D eigenvalue weighted by molar-refractivity contribution is -0.0221. The molecule has 2 aliphatic rings. The number of hydrogen-bond acceptors (Lipinski definition) is 9. The number of hydrogen-bond donors (Lipinski definition) is 1. The Labute approximate surface area is 204 Å². The van der Waals surface area contributed by atoms with E-state index in [9.17, 15) is 17.2 Å². The van der Waals surface area contributed by atoms with Crippen LogP contribution >= 0.6 is 0 Å². The highest BCUT2D eigenvalue weighted by Gasteiger charge is 2.42. The number of fused-ring (bicyclic) bond motifs is 1. The molecule has 0 radical (unpaired) electrons. The summed E-state index contributed by atoms with van der Waals surface area (Å²) in [4.78, 5) is 5.49. The van der Waals surface area contributed by atoms with E-state index in [0.29, 0.717) is 12.8 Å². The number of halogens is 3. The number of sulfonamides is 1. The molecule has 3 aromatic heterocycles. The minimum Gasteiger partial charge on any atom is -0.412 e. The topological polar surface area (TPSA) is 124 Å². The Bertz CT molecular complexity index is 1390. The van der Waals surface area contributed by atoms with E-state index >= 15 is 4.39 Å². The Morgan fingerprint density at radius 3 is 2.72 bits per heavy atom. The van der Waals surface area contributed by atoms with E-state index in [1.54, 1.807) is 6.92 Å². The van der Waals surface area contributed by atoms with Crippen LogP contribution in [0.4, 0.5) is 18.9 Å². The number of nitrogens with zero attached hydrogens (tertiary/aromatic N) is 5. The zero-order chi connectivity index (χ0) is 25.8. The lowest BCUT2D eigenvalue weighted by atomic mass is 10.1. The number of pyridine rings is 1. The fourth-order valence-corrected chi connectivity index (χ4v) is 5.65. The predicted molar refractivity (Wildman–Crippen MR) is 120 cm³/mol. The van der Waals surface area contributed by atoms with Gasteiger partial charge in [-0.15, -0.1) is 10.2 Å². The molecule has 4 heterocycles. The summed E-state index contributed by atoms with van der Waals surface area (Å²) in [5.41, 5.74) is -0.394. The molecule has 3 aromatic rings. The minimum atomic E-state index is -4.04. The molecule has 0 amide bonds. The molecule has 1 aliphatic carbocycles. The van der Waals surface area contributed by atoms with Crippen LogP contribution in [0.15, 0.2) is 21.6 Å². The molecule has 1 aliphatic heterocycles. The highest BCUT2D eigenvalue weighted by Crippen LogP contribution is 2.38. The van der Waals surface area contributed by atoms with Crippen LogP contribution in [0.1, 0.15) is 39.0 Å². The lowest BCUT2D eigenvalue weighted by Crippen LogP contribution is -2.50. The highest BCUT2D eigenvalue weighted by atomic mass is 32.2. The van der Waals surface area contributed by atoms with Gasteiger partial charge >= 0.3 is 6.43 Å². The van der Waals surface area contributed by atoms with Gasteiger partial charge in [-0.2, -0.15) is 18.2 Å². The van der Waals surface area contributed by atoms with E-state index in [1.165, 1.54) is 19.4 Å². The number of nitrogens with one attached hydrogen (secondary N) is 1. The van der Waals surface area contributed by atoms with Gasteiger partial charge in [-0.3, -0.25) is 4.40 Å². The lowest BCUT2D eigenvalue weighted by Gasteiger charge is -2.39. The smallest absolute Gasteiger partial charge is 0.314 e. The quantitative estimate of drug-likeness (QED) is 0.468. The number of morpholine rings is 1. The first-order chi connectivity index (χ1) is 17.0. The summed E-state index contributed by atoms with van der Waals surface area (Å²) < 4.78 is 87.8. The van der Waals surface area contributed by atoms with Crippen molar-refractivity contribution in [2.45, 2.75) is 55.7 Å². The Balaban J connectivity index is 1.70. The van der Waals surface area contributed by atoms with Crippen molar-refractivity contribution in [2.24, 2.45) is 0 Å². The van der Waals surface area contributed by atoms with Gasteiger partial charge in [-0.05, 0) is 32.8 Å². The monoisotopic (exact) mass is 530 g/mol. The molecule has 0 bridgehead atoms. The third-order valence-corrected chi connectivity index (χ3v) is 7.93.